The maximum absolute atomic E-state index is 8.88. The maximum atomic E-state index is 8.88. The second-order valence-corrected chi connectivity index (χ2v) is 1.54. The summed E-state index contributed by atoms with van der Waals surface area (Å²) in [6, 6.07) is 0. The van der Waals surface area contributed by atoms with Crippen LogP contribution in [0.4, 0.5) is 0 Å². The second-order valence-electron chi connectivity index (χ2n) is 0.513. The van der Waals surface area contributed by atoms with Crippen molar-refractivity contribution in [3.8, 4) is 0 Å². The van der Waals surface area contributed by atoms with E-state index in [0.717, 1.165) is 0 Å². The minimum absolute atomic E-state index is 0. The zero-order valence-corrected chi connectivity index (χ0v) is 8.92. The molecule has 0 saturated carbocycles. The monoisotopic (exact) mass is 237 g/mol. The third-order valence-electron chi connectivity index (χ3n) is 0. The molecule has 0 saturated heterocycles. The van der Waals surface area contributed by atoms with E-state index >= 15 is 0 Å². The van der Waals surface area contributed by atoms with E-state index in [4.69, 9.17) is 19.2 Å². The molecular weight excluding hydrogens is 233 g/mol. The SMILES string of the molecule is O=P(O)(O)O.[Co].[Fe].[H-].[Na+]. The molecule has 0 rings (SSSR count). The van der Waals surface area contributed by atoms with Crippen LogP contribution >= 0.6 is 7.82 Å². The van der Waals surface area contributed by atoms with Crippen molar-refractivity contribution in [3.05, 3.63) is 0 Å². The molecule has 0 heterocycles. The van der Waals surface area contributed by atoms with Gasteiger partial charge in [0, 0.05) is 33.8 Å². The quantitative estimate of drug-likeness (QED) is 0.298. The summed E-state index contributed by atoms with van der Waals surface area (Å²) in [6.45, 7) is 0. The minimum Gasteiger partial charge on any atom is -1.00 e. The molecule has 0 unspecified atom stereocenters. The van der Waals surface area contributed by atoms with Gasteiger partial charge in [0.05, 0.1) is 0 Å². The van der Waals surface area contributed by atoms with E-state index in [9.17, 15) is 0 Å². The van der Waals surface area contributed by atoms with Crippen LogP contribution in [0.1, 0.15) is 1.43 Å². The summed E-state index contributed by atoms with van der Waals surface area (Å²) in [4.78, 5) is 21.6. The van der Waals surface area contributed by atoms with Crippen LogP contribution in [0.2, 0.25) is 0 Å². The van der Waals surface area contributed by atoms with E-state index in [0.29, 0.717) is 0 Å². The largest absolute Gasteiger partial charge is 1.00 e. The van der Waals surface area contributed by atoms with Gasteiger partial charge in [0.2, 0.25) is 0 Å². The van der Waals surface area contributed by atoms with Crippen molar-refractivity contribution in [1.82, 2.24) is 0 Å². The summed E-state index contributed by atoms with van der Waals surface area (Å²) in [7, 11) is -4.64. The average Bonchev–Trinajstić information content (AvgIpc) is 0.722. The summed E-state index contributed by atoms with van der Waals surface area (Å²) in [5, 5.41) is 0. The Kier molecular flexibility index (Phi) is 25.7. The van der Waals surface area contributed by atoms with E-state index < -0.39 is 7.82 Å². The summed E-state index contributed by atoms with van der Waals surface area (Å²) in [5.41, 5.74) is 0. The van der Waals surface area contributed by atoms with Crippen molar-refractivity contribution in [2.45, 2.75) is 0 Å². The molecule has 0 aromatic rings. The molecule has 1 radical (unpaired) electrons. The molecule has 3 N–H and O–H groups in total. The molecule has 0 amide bonds. The average molecular weight is 237 g/mol. The third kappa shape index (κ3) is 90.8. The Bertz CT molecular complexity index is 66.7. The Balaban J connectivity index is -0.0000000133. The van der Waals surface area contributed by atoms with Gasteiger partial charge in [0.15, 0.2) is 0 Å². The van der Waals surface area contributed by atoms with Crippen molar-refractivity contribution < 1.29 is 84.1 Å². The molecule has 0 fully saturated rings. The predicted octanol–water partition coefficient (Wildman–Crippen LogP) is -3.82. The molecule has 0 atom stereocenters. The fourth-order valence-electron chi connectivity index (χ4n) is 0. The van der Waals surface area contributed by atoms with Crippen LogP contribution in [-0.4, -0.2) is 14.7 Å². The first-order valence-electron chi connectivity index (χ1n) is 0.783. The van der Waals surface area contributed by atoms with Crippen LogP contribution in [0.5, 0.6) is 0 Å². The van der Waals surface area contributed by atoms with Gasteiger partial charge >= 0.3 is 37.4 Å². The number of hydrogen-bond acceptors (Lipinski definition) is 1. The zero-order chi connectivity index (χ0) is 4.50. The second kappa shape index (κ2) is 9.14. The van der Waals surface area contributed by atoms with Crippen molar-refractivity contribution >= 4 is 7.82 Å². The molecule has 0 aliphatic carbocycles. The van der Waals surface area contributed by atoms with E-state index in [1.54, 1.807) is 0 Å². The molecular formula is H4CoFeNaO4P. The molecule has 4 nitrogen and oxygen atoms in total. The Morgan fingerprint density at radius 3 is 1.25 bits per heavy atom. The van der Waals surface area contributed by atoms with Gasteiger partial charge in [-0.3, -0.25) is 0 Å². The van der Waals surface area contributed by atoms with Crippen molar-refractivity contribution in [3.63, 3.8) is 0 Å². The summed E-state index contributed by atoms with van der Waals surface area (Å²) in [5.74, 6) is 0. The number of rotatable bonds is 0. The third-order valence-corrected chi connectivity index (χ3v) is 0. The Hall–Kier alpha value is 2.14. The summed E-state index contributed by atoms with van der Waals surface area (Å²) in [6.07, 6.45) is 0. The van der Waals surface area contributed by atoms with Crippen LogP contribution in [0.3, 0.4) is 0 Å². The molecule has 0 aliphatic heterocycles. The Labute approximate surface area is 91.1 Å². The van der Waals surface area contributed by atoms with Crippen LogP contribution in [0.15, 0.2) is 0 Å². The van der Waals surface area contributed by atoms with Crippen molar-refractivity contribution in [2.24, 2.45) is 0 Å². The number of hydrogen-bond donors (Lipinski definition) is 3. The van der Waals surface area contributed by atoms with Gasteiger partial charge in [-0.2, -0.15) is 0 Å². The van der Waals surface area contributed by atoms with Gasteiger partial charge in [0.1, 0.15) is 0 Å². The molecule has 0 bridgehead atoms. The van der Waals surface area contributed by atoms with Crippen molar-refractivity contribution in [1.29, 1.82) is 0 Å². The molecule has 0 aromatic heterocycles. The first-order chi connectivity index (χ1) is 2.00. The van der Waals surface area contributed by atoms with E-state index in [1.807, 2.05) is 0 Å². The molecule has 8 heavy (non-hydrogen) atoms. The molecule has 0 aromatic carbocycles. The summed E-state index contributed by atoms with van der Waals surface area (Å²) >= 11 is 0. The van der Waals surface area contributed by atoms with E-state index in [2.05, 4.69) is 0 Å². The van der Waals surface area contributed by atoms with Gasteiger partial charge in [-0.25, -0.2) is 4.57 Å². The smallest absolute Gasteiger partial charge is 1.00 e. The topological polar surface area (TPSA) is 77.8 Å². The Morgan fingerprint density at radius 1 is 1.25 bits per heavy atom. The number of phosphoric acid groups is 1. The fraction of sp³-hybridized carbons (Fsp3) is 0. The fourth-order valence-corrected chi connectivity index (χ4v) is 0. The normalized spacial score (nSPS) is 7.38. The van der Waals surface area contributed by atoms with Crippen LogP contribution < -0.4 is 29.6 Å². The van der Waals surface area contributed by atoms with Crippen LogP contribution in [0, 0.1) is 0 Å². The van der Waals surface area contributed by atoms with Gasteiger partial charge in [-0.1, -0.05) is 0 Å². The first kappa shape index (κ1) is 22.5. The molecule has 0 aliphatic rings. The molecule has 8 heteroatoms. The predicted molar refractivity (Wildman–Crippen MR) is 15.4 cm³/mol. The van der Waals surface area contributed by atoms with E-state index in [-0.39, 0.29) is 64.8 Å². The first-order valence-corrected chi connectivity index (χ1v) is 2.35. The minimum atomic E-state index is -4.64. The van der Waals surface area contributed by atoms with Crippen LogP contribution in [0.25, 0.3) is 0 Å². The van der Waals surface area contributed by atoms with E-state index in [1.165, 1.54) is 0 Å². The zero-order valence-electron chi connectivity index (χ0n) is 4.88. The standard InChI is InChI=1S/Co.Fe.Na.H3O4P.H/c;;;1-5(2,3)4;/h;;;(H3,1,2,3,4);/q;;+1;;-1. The van der Waals surface area contributed by atoms with Crippen molar-refractivity contribution in [2.75, 3.05) is 0 Å². The van der Waals surface area contributed by atoms with Crippen LogP contribution in [-0.2, 0) is 38.4 Å². The molecule has 0 spiro atoms. The summed E-state index contributed by atoms with van der Waals surface area (Å²) < 4.78 is 8.88. The van der Waals surface area contributed by atoms with Gasteiger partial charge in [-0.05, 0) is 0 Å². The van der Waals surface area contributed by atoms with Gasteiger partial charge in [0.25, 0.3) is 0 Å². The van der Waals surface area contributed by atoms with Gasteiger partial charge < -0.3 is 16.1 Å². The Morgan fingerprint density at radius 2 is 1.25 bits per heavy atom. The van der Waals surface area contributed by atoms with Gasteiger partial charge in [-0.15, -0.1) is 0 Å². The molecule has 51 valence electrons. The maximum Gasteiger partial charge on any atom is 1.00 e.